The fraction of sp³-hybridized carbons (Fsp3) is 0.158. The predicted octanol–water partition coefficient (Wildman–Crippen LogP) is 4.07. The second-order valence-electron chi connectivity index (χ2n) is 5.66. The van der Waals surface area contributed by atoms with Crippen LogP contribution in [0.3, 0.4) is 0 Å². The summed E-state index contributed by atoms with van der Waals surface area (Å²) in [4.78, 5) is 12.3. The highest BCUT2D eigenvalue weighted by Gasteiger charge is 2.08. The van der Waals surface area contributed by atoms with Crippen molar-refractivity contribution in [1.82, 2.24) is 15.1 Å². The van der Waals surface area contributed by atoms with E-state index in [1.807, 2.05) is 61.0 Å². The van der Waals surface area contributed by atoms with Crippen molar-refractivity contribution in [2.45, 2.75) is 20.4 Å². The van der Waals surface area contributed by atoms with Crippen LogP contribution < -0.4 is 5.32 Å². The van der Waals surface area contributed by atoms with E-state index >= 15 is 0 Å². The second-order valence-corrected chi connectivity index (χ2v) is 6.07. The van der Waals surface area contributed by atoms with E-state index in [0.29, 0.717) is 17.1 Å². The van der Waals surface area contributed by atoms with Crippen LogP contribution in [0.25, 0.3) is 5.69 Å². The van der Waals surface area contributed by atoms with Crippen LogP contribution in [0.15, 0.2) is 54.6 Å². The Hall–Kier alpha value is -2.59. The minimum Gasteiger partial charge on any atom is -0.348 e. The standard InChI is InChI=1S/C19H18ClN3O/c1-13-11-14(2)23(22-13)17-9-7-15(8-10-17)19(24)21-12-16-5-3-4-6-18(16)20/h3-11H,12H2,1-2H3,(H,21,24). The molecule has 0 aliphatic carbocycles. The highest BCUT2D eigenvalue weighted by atomic mass is 35.5. The number of nitrogens with zero attached hydrogens (tertiary/aromatic N) is 2. The number of halogens is 1. The van der Waals surface area contributed by atoms with Crippen molar-refractivity contribution in [3.05, 3.63) is 82.1 Å². The molecule has 3 rings (SSSR count). The minimum absolute atomic E-state index is 0.130. The molecular formula is C19H18ClN3O. The molecule has 0 saturated heterocycles. The van der Waals surface area contributed by atoms with E-state index in [2.05, 4.69) is 10.4 Å². The number of rotatable bonds is 4. The van der Waals surface area contributed by atoms with Crippen molar-refractivity contribution < 1.29 is 4.79 Å². The van der Waals surface area contributed by atoms with Gasteiger partial charge in [-0.3, -0.25) is 4.79 Å². The van der Waals surface area contributed by atoms with Gasteiger partial charge in [0, 0.05) is 22.8 Å². The fourth-order valence-electron chi connectivity index (χ4n) is 2.56. The normalized spacial score (nSPS) is 10.6. The summed E-state index contributed by atoms with van der Waals surface area (Å²) in [6, 6.07) is 16.9. The fourth-order valence-corrected chi connectivity index (χ4v) is 2.77. The van der Waals surface area contributed by atoms with Crippen molar-refractivity contribution in [2.24, 2.45) is 0 Å². The first-order valence-corrected chi connectivity index (χ1v) is 8.08. The Kier molecular flexibility index (Phi) is 4.67. The molecule has 24 heavy (non-hydrogen) atoms. The summed E-state index contributed by atoms with van der Waals surface area (Å²) in [6.07, 6.45) is 0. The average molecular weight is 340 g/mol. The molecule has 0 unspecified atom stereocenters. The monoisotopic (exact) mass is 339 g/mol. The Morgan fingerprint density at radius 1 is 1.12 bits per heavy atom. The van der Waals surface area contributed by atoms with Gasteiger partial charge in [-0.25, -0.2) is 4.68 Å². The zero-order valence-corrected chi connectivity index (χ0v) is 14.3. The molecule has 0 aliphatic rings. The summed E-state index contributed by atoms with van der Waals surface area (Å²) in [6.45, 7) is 4.36. The second kappa shape index (κ2) is 6.89. The number of benzene rings is 2. The maximum absolute atomic E-state index is 12.3. The van der Waals surface area contributed by atoms with Gasteiger partial charge in [0.25, 0.3) is 5.91 Å². The zero-order chi connectivity index (χ0) is 17.1. The van der Waals surface area contributed by atoms with Gasteiger partial charge in [-0.15, -0.1) is 0 Å². The average Bonchev–Trinajstić information content (AvgIpc) is 2.92. The number of carbonyl (C=O) groups excluding carboxylic acids is 1. The van der Waals surface area contributed by atoms with Crippen LogP contribution in [-0.4, -0.2) is 15.7 Å². The van der Waals surface area contributed by atoms with Crippen LogP contribution in [0.4, 0.5) is 0 Å². The summed E-state index contributed by atoms with van der Waals surface area (Å²) in [7, 11) is 0. The Balaban J connectivity index is 1.70. The third-order valence-corrected chi connectivity index (χ3v) is 4.15. The van der Waals surface area contributed by atoms with Gasteiger partial charge in [-0.05, 0) is 55.8 Å². The van der Waals surface area contributed by atoms with Crippen LogP contribution in [0, 0.1) is 13.8 Å². The van der Waals surface area contributed by atoms with E-state index in [4.69, 9.17) is 11.6 Å². The summed E-state index contributed by atoms with van der Waals surface area (Å²) in [5.74, 6) is -0.130. The summed E-state index contributed by atoms with van der Waals surface area (Å²) < 4.78 is 1.86. The highest BCUT2D eigenvalue weighted by molar-refractivity contribution is 6.31. The van der Waals surface area contributed by atoms with Gasteiger partial charge in [0.05, 0.1) is 11.4 Å². The quantitative estimate of drug-likeness (QED) is 0.778. The van der Waals surface area contributed by atoms with Crippen LogP contribution in [0.2, 0.25) is 5.02 Å². The molecular weight excluding hydrogens is 322 g/mol. The predicted molar refractivity (Wildman–Crippen MR) is 95.7 cm³/mol. The Labute approximate surface area is 146 Å². The van der Waals surface area contributed by atoms with Crippen LogP contribution in [-0.2, 0) is 6.54 Å². The molecule has 4 nitrogen and oxygen atoms in total. The van der Waals surface area contributed by atoms with Gasteiger partial charge in [0.15, 0.2) is 0 Å². The largest absolute Gasteiger partial charge is 0.348 e. The van der Waals surface area contributed by atoms with Crippen LogP contribution in [0.1, 0.15) is 27.3 Å². The molecule has 0 radical (unpaired) electrons. The molecule has 5 heteroatoms. The molecule has 0 aliphatic heterocycles. The lowest BCUT2D eigenvalue weighted by atomic mass is 10.1. The maximum atomic E-state index is 12.3. The molecule has 0 saturated carbocycles. The molecule has 2 aromatic carbocycles. The van der Waals surface area contributed by atoms with Gasteiger partial charge in [0.1, 0.15) is 0 Å². The third-order valence-electron chi connectivity index (χ3n) is 3.78. The molecule has 0 fully saturated rings. The Bertz CT molecular complexity index is 869. The number of hydrogen-bond donors (Lipinski definition) is 1. The summed E-state index contributed by atoms with van der Waals surface area (Å²) in [5.41, 5.74) is 4.46. The van der Waals surface area contributed by atoms with Crippen molar-refractivity contribution >= 4 is 17.5 Å². The lowest BCUT2D eigenvalue weighted by molar-refractivity contribution is 0.0951. The van der Waals surface area contributed by atoms with Gasteiger partial charge in [-0.2, -0.15) is 5.10 Å². The van der Waals surface area contributed by atoms with Crippen LogP contribution >= 0.6 is 11.6 Å². The summed E-state index contributed by atoms with van der Waals surface area (Å²) in [5, 5.41) is 7.98. The van der Waals surface area contributed by atoms with E-state index in [0.717, 1.165) is 22.6 Å². The number of amides is 1. The van der Waals surface area contributed by atoms with Gasteiger partial charge in [0.2, 0.25) is 0 Å². The van der Waals surface area contributed by atoms with Gasteiger partial charge in [-0.1, -0.05) is 29.8 Å². The molecule has 0 bridgehead atoms. The molecule has 0 spiro atoms. The molecule has 122 valence electrons. The first-order valence-electron chi connectivity index (χ1n) is 7.70. The van der Waals surface area contributed by atoms with Gasteiger partial charge < -0.3 is 5.32 Å². The van der Waals surface area contributed by atoms with Crippen LogP contribution in [0.5, 0.6) is 0 Å². The molecule has 0 atom stereocenters. The SMILES string of the molecule is Cc1cc(C)n(-c2ccc(C(=O)NCc3ccccc3Cl)cc2)n1. The number of aryl methyl sites for hydroxylation is 2. The zero-order valence-electron chi connectivity index (χ0n) is 13.6. The topological polar surface area (TPSA) is 46.9 Å². The Morgan fingerprint density at radius 3 is 2.46 bits per heavy atom. The number of hydrogen-bond acceptors (Lipinski definition) is 2. The van der Waals surface area contributed by atoms with E-state index in [-0.39, 0.29) is 5.91 Å². The summed E-state index contributed by atoms with van der Waals surface area (Å²) >= 11 is 6.10. The first-order chi connectivity index (χ1) is 11.5. The molecule has 3 aromatic rings. The molecule has 1 heterocycles. The smallest absolute Gasteiger partial charge is 0.251 e. The van der Waals surface area contributed by atoms with E-state index < -0.39 is 0 Å². The molecule has 1 N–H and O–H groups in total. The van der Waals surface area contributed by atoms with Crippen molar-refractivity contribution in [1.29, 1.82) is 0 Å². The van der Waals surface area contributed by atoms with Crippen molar-refractivity contribution in [3.63, 3.8) is 0 Å². The first kappa shape index (κ1) is 16.3. The lowest BCUT2D eigenvalue weighted by Crippen LogP contribution is -2.22. The maximum Gasteiger partial charge on any atom is 0.251 e. The highest BCUT2D eigenvalue weighted by Crippen LogP contribution is 2.15. The number of nitrogens with one attached hydrogen (secondary N) is 1. The molecule has 1 aromatic heterocycles. The van der Waals surface area contributed by atoms with E-state index in [1.165, 1.54) is 0 Å². The minimum atomic E-state index is -0.130. The van der Waals surface area contributed by atoms with E-state index in [9.17, 15) is 4.79 Å². The number of carbonyl (C=O) groups is 1. The van der Waals surface area contributed by atoms with Gasteiger partial charge >= 0.3 is 0 Å². The third kappa shape index (κ3) is 3.49. The molecule has 1 amide bonds. The Morgan fingerprint density at radius 2 is 1.83 bits per heavy atom. The van der Waals surface area contributed by atoms with Crippen molar-refractivity contribution in [3.8, 4) is 5.69 Å². The van der Waals surface area contributed by atoms with Crippen molar-refractivity contribution in [2.75, 3.05) is 0 Å². The van der Waals surface area contributed by atoms with E-state index in [1.54, 1.807) is 12.1 Å². The number of aromatic nitrogens is 2. The lowest BCUT2D eigenvalue weighted by Gasteiger charge is -2.08.